The summed E-state index contributed by atoms with van der Waals surface area (Å²) in [5.41, 5.74) is 7.41. The molecule has 0 radical (unpaired) electrons. The van der Waals surface area contributed by atoms with E-state index in [9.17, 15) is 9.59 Å². The number of carbonyl (C=O) groups is 2. The van der Waals surface area contributed by atoms with Crippen molar-refractivity contribution in [3.8, 4) is 0 Å². The molecule has 5 nitrogen and oxygen atoms in total. The minimum Gasteiger partial charge on any atom is -0.365 e. The lowest BCUT2D eigenvalue weighted by Gasteiger charge is -2.18. The molecule has 23 heavy (non-hydrogen) atoms. The fourth-order valence-corrected chi connectivity index (χ4v) is 2.53. The number of aromatic nitrogens is 1. The van der Waals surface area contributed by atoms with Crippen molar-refractivity contribution in [2.45, 2.75) is 26.2 Å². The molecule has 0 saturated carbocycles. The van der Waals surface area contributed by atoms with E-state index in [4.69, 9.17) is 5.73 Å². The van der Waals surface area contributed by atoms with Crippen LogP contribution in [0.15, 0.2) is 36.5 Å². The minimum atomic E-state index is -0.558. The van der Waals surface area contributed by atoms with Crippen molar-refractivity contribution >= 4 is 34.4 Å². The summed E-state index contributed by atoms with van der Waals surface area (Å²) >= 11 is 1.04. The predicted octanol–water partition coefficient (Wildman–Crippen LogP) is 3.19. The fraction of sp³-hybridized carbons (Fsp3) is 0.235. The molecule has 0 saturated heterocycles. The molecule has 120 valence electrons. The normalized spacial score (nSPS) is 11.6. The second kappa shape index (κ2) is 6.75. The number of rotatable bonds is 4. The van der Waals surface area contributed by atoms with Crippen LogP contribution in [0.25, 0.3) is 6.08 Å². The SMILES string of the molecule is CC(C)(C)c1ccc(/C=C/C(=O)Nc2ncc(C(N)=O)s2)cc1. The van der Waals surface area contributed by atoms with Gasteiger partial charge in [0.1, 0.15) is 4.88 Å². The zero-order chi connectivity index (χ0) is 17.0. The molecule has 0 atom stereocenters. The molecular formula is C17H19N3O2S. The summed E-state index contributed by atoms with van der Waals surface area (Å²) in [7, 11) is 0. The van der Waals surface area contributed by atoms with Crippen LogP contribution in [0.4, 0.5) is 5.13 Å². The third kappa shape index (κ3) is 4.75. The van der Waals surface area contributed by atoms with Gasteiger partial charge in [-0.25, -0.2) is 4.98 Å². The maximum atomic E-state index is 11.8. The van der Waals surface area contributed by atoms with E-state index in [0.29, 0.717) is 10.0 Å². The number of hydrogen-bond donors (Lipinski definition) is 2. The Balaban J connectivity index is 1.99. The molecule has 1 aromatic heterocycles. The van der Waals surface area contributed by atoms with Crippen molar-refractivity contribution in [2.24, 2.45) is 5.73 Å². The highest BCUT2D eigenvalue weighted by Gasteiger charge is 2.12. The molecule has 2 rings (SSSR count). The number of primary amides is 1. The van der Waals surface area contributed by atoms with Gasteiger partial charge in [-0.3, -0.25) is 14.9 Å². The summed E-state index contributed by atoms with van der Waals surface area (Å²) in [6.07, 6.45) is 4.50. The van der Waals surface area contributed by atoms with Crippen molar-refractivity contribution in [3.63, 3.8) is 0 Å². The molecule has 0 aliphatic heterocycles. The smallest absolute Gasteiger partial charge is 0.260 e. The Hall–Kier alpha value is -2.47. The van der Waals surface area contributed by atoms with Gasteiger partial charge in [0, 0.05) is 6.08 Å². The van der Waals surface area contributed by atoms with Gasteiger partial charge in [0.05, 0.1) is 6.20 Å². The molecule has 0 aliphatic rings. The second-order valence-corrected chi connectivity index (χ2v) is 7.12. The molecule has 0 fully saturated rings. The number of nitrogens with one attached hydrogen (secondary N) is 1. The Labute approximate surface area is 139 Å². The molecule has 1 aromatic carbocycles. The summed E-state index contributed by atoms with van der Waals surface area (Å²) in [5.74, 6) is -0.868. The van der Waals surface area contributed by atoms with Gasteiger partial charge in [0.15, 0.2) is 5.13 Å². The van der Waals surface area contributed by atoms with Crippen LogP contribution < -0.4 is 11.1 Å². The van der Waals surface area contributed by atoms with Crippen molar-refractivity contribution in [1.82, 2.24) is 4.98 Å². The third-order valence-electron chi connectivity index (χ3n) is 3.18. The van der Waals surface area contributed by atoms with Gasteiger partial charge < -0.3 is 5.73 Å². The first kappa shape index (κ1) is 16.9. The second-order valence-electron chi connectivity index (χ2n) is 6.09. The molecule has 0 unspecified atom stereocenters. The van der Waals surface area contributed by atoms with Crippen LogP contribution in [0, 0.1) is 0 Å². The van der Waals surface area contributed by atoms with E-state index < -0.39 is 5.91 Å². The van der Waals surface area contributed by atoms with E-state index >= 15 is 0 Å². The van der Waals surface area contributed by atoms with Crippen LogP contribution in [-0.4, -0.2) is 16.8 Å². The molecule has 2 aromatic rings. The topological polar surface area (TPSA) is 85.1 Å². The van der Waals surface area contributed by atoms with Crippen molar-refractivity contribution in [2.75, 3.05) is 5.32 Å². The molecule has 1 heterocycles. The molecule has 2 amide bonds. The average molecular weight is 329 g/mol. The van der Waals surface area contributed by atoms with Crippen LogP contribution in [0.3, 0.4) is 0 Å². The third-order valence-corrected chi connectivity index (χ3v) is 4.11. The number of nitrogens with two attached hydrogens (primary N) is 1. The summed E-state index contributed by atoms with van der Waals surface area (Å²) in [5, 5.41) is 2.94. The first-order valence-corrected chi connectivity index (χ1v) is 7.92. The molecule has 0 bridgehead atoms. The summed E-state index contributed by atoms with van der Waals surface area (Å²) in [6.45, 7) is 6.46. The van der Waals surface area contributed by atoms with Gasteiger partial charge in [0.2, 0.25) is 5.91 Å². The van der Waals surface area contributed by atoms with Crippen molar-refractivity contribution in [3.05, 3.63) is 52.5 Å². The van der Waals surface area contributed by atoms with Crippen LogP contribution >= 0.6 is 11.3 Å². The highest BCUT2D eigenvalue weighted by Crippen LogP contribution is 2.22. The number of hydrogen-bond acceptors (Lipinski definition) is 4. The van der Waals surface area contributed by atoms with Crippen molar-refractivity contribution in [1.29, 1.82) is 0 Å². The lowest BCUT2D eigenvalue weighted by Crippen LogP contribution is -2.10. The minimum absolute atomic E-state index is 0.0998. The van der Waals surface area contributed by atoms with Crippen LogP contribution in [0.1, 0.15) is 41.6 Å². The van der Waals surface area contributed by atoms with Crippen molar-refractivity contribution < 1.29 is 9.59 Å². The maximum Gasteiger partial charge on any atom is 0.260 e. The highest BCUT2D eigenvalue weighted by atomic mass is 32.1. The van der Waals surface area contributed by atoms with E-state index in [1.54, 1.807) is 6.08 Å². The molecule has 0 aliphatic carbocycles. The number of carbonyl (C=O) groups excluding carboxylic acids is 2. The van der Waals surface area contributed by atoms with E-state index in [1.807, 2.05) is 12.1 Å². The fourth-order valence-electron chi connectivity index (χ4n) is 1.86. The van der Waals surface area contributed by atoms with E-state index in [0.717, 1.165) is 16.9 Å². The zero-order valence-corrected chi connectivity index (χ0v) is 14.1. The molecule has 6 heteroatoms. The Bertz CT molecular complexity index is 740. The number of thiazole rings is 1. The van der Waals surface area contributed by atoms with E-state index in [-0.39, 0.29) is 11.3 Å². The van der Waals surface area contributed by atoms with Crippen LogP contribution in [-0.2, 0) is 10.2 Å². The quantitative estimate of drug-likeness (QED) is 0.845. The monoisotopic (exact) mass is 329 g/mol. The standard InChI is InChI=1S/C17H19N3O2S/c1-17(2,3)12-7-4-11(5-8-12)6-9-14(21)20-16-19-10-13(23-16)15(18)22/h4-10H,1-3H3,(H2,18,22)(H,19,20,21)/b9-6+. The van der Waals surface area contributed by atoms with Gasteiger partial charge in [-0.2, -0.15) is 0 Å². The van der Waals surface area contributed by atoms with Gasteiger partial charge in [-0.1, -0.05) is 56.4 Å². The van der Waals surface area contributed by atoms with Gasteiger partial charge in [-0.05, 0) is 22.6 Å². The first-order chi connectivity index (χ1) is 10.8. The lowest BCUT2D eigenvalue weighted by molar-refractivity contribution is -0.111. The summed E-state index contributed by atoms with van der Waals surface area (Å²) < 4.78 is 0. The zero-order valence-electron chi connectivity index (χ0n) is 13.3. The Morgan fingerprint density at radius 1 is 1.22 bits per heavy atom. The Morgan fingerprint density at radius 2 is 1.87 bits per heavy atom. The van der Waals surface area contributed by atoms with Crippen LogP contribution in [0.5, 0.6) is 0 Å². The molecular weight excluding hydrogens is 310 g/mol. The van der Waals surface area contributed by atoms with Gasteiger partial charge >= 0.3 is 0 Å². The lowest BCUT2D eigenvalue weighted by atomic mass is 9.87. The van der Waals surface area contributed by atoms with Gasteiger partial charge in [0.25, 0.3) is 5.91 Å². The molecule has 3 N–H and O–H groups in total. The first-order valence-electron chi connectivity index (χ1n) is 7.11. The van der Waals surface area contributed by atoms with E-state index in [2.05, 4.69) is 43.2 Å². The van der Waals surface area contributed by atoms with Gasteiger partial charge in [-0.15, -0.1) is 0 Å². The highest BCUT2D eigenvalue weighted by molar-refractivity contribution is 7.17. The predicted molar refractivity (Wildman–Crippen MR) is 93.4 cm³/mol. The number of nitrogens with zero attached hydrogens (tertiary/aromatic N) is 1. The summed E-state index contributed by atoms with van der Waals surface area (Å²) in [4.78, 5) is 27.0. The molecule has 0 spiro atoms. The van der Waals surface area contributed by atoms with E-state index in [1.165, 1.54) is 17.8 Å². The largest absolute Gasteiger partial charge is 0.365 e. The maximum absolute atomic E-state index is 11.8. The number of benzene rings is 1. The number of anilines is 1. The Morgan fingerprint density at radius 3 is 2.39 bits per heavy atom. The number of amides is 2. The van der Waals surface area contributed by atoms with Crippen LogP contribution in [0.2, 0.25) is 0 Å². The average Bonchev–Trinajstić information content (AvgIpc) is 2.93. The Kier molecular flexibility index (Phi) is 4.95. The summed E-state index contributed by atoms with van der Waals surface area (Å²) in [6, 6.07) is 8.05.